The van der Waals surface area contributed by atoms with Crippen LogP contribution in [0.25, 0.3) is 21.5 Å². The first-order chi connectivity index (χ1) is 21.4. The molecule has 4 heterocycles. The third-order valence-corrected chi connectivity index (χ3v) is 9.97. The highest BCUT2D eigenvalue weighted by Crippen LogP contribution is 2.34. The Balaban J connectivity index is 1.26. The number of benzene rings is 1. The average molecular weight is 618 g/mol. The number of cyclic esters (lactones) is 1. The molecule has 0 radical (unpaired) electrons. The zero-order valence-corrected chi connectivity index (χ0v) is 25.9. The van der Waals surface area contributed by atoms with Gasteiger partial charge in [0.15, 0.2) is 0 Å². The molecule has 1 aromatic carbocycles. The highest BCUT2D eigenvalue weighted by atomic mass is 32.1. The Labute approximate surface area is 261 Å². The smallest absolute Gasteiger partial charge is 0.325 e. The Kier molecular flexibility index (Phi) is 9.22. The van der Waals surface area contributed by atoms with Gasteiger partial charge in [-0.05, 0) is 43.2 Å². The molecule has 3 fully saturated rings. The topological polar surface area (TPSA) is 112 Å². The molecule has 6 rings (SSSR count). The van der Waals surface area contributed by atoms with E-state index >= 15 is 0 Å². The molecule has 1 N–H and O–H groups in total. The number of hydrogen-bond acceptors (Lipinski definition) is 8. The van der Waals surface area contributed by atoms with Crippen LogP contribution in [0.15, 0.2) is 41.8 Å². The maximum atomic E-state index is 14.2. The summed E-state index contributed by atoms with van der Waals surface area (Å²) in [7, 11) is 0. The quantitative estimate of drug-likeness (QED) is 0.384. The monoisotopic (exact) mass is 617 g/mol. The second kappa shape index (κ2) is 13.4. The molecule has 1 aliphatic carbocycles. The fourth-order valence-electron chi connectivity index (χ4n) is 6.62. The van der Waals surface area contributed by atoms with Crippen molar-refractivity contribution in [3.05, 3.63) is 52.9 Å². The molecule has 44 heavy (non-hydrogen) atoms. The molecule has 10 nitrogen and oxygen atoms in total. The van der Waals surface area contributed by atoms with Gasteiger partial charge in [0.2, 0.25) is 11.8 Å². The fourth-order valence-corrected chi connectivity index (χ4v) is 7.36. The molecule has 0 spiro atoms. The highest BCUT2D eigenvalue weighted by Gasteiger charge is 2.32. The van der Waals surface area contributed by atoms with Crippen LogP contribution in [0.4, 0.5) is 0 Å². The van der Waals surface area contributed by atoms with Gasteiger partial charge < -0.3 is 19.9 Å². The van der Waals surface area contributed by atoms with Gasteiger partial charge in [-0.15, -0.1) is 11.3 Å². The molecular weight excluding hydrogens is 578 g/mol. The third-order valence-electron chi connectivity index (χ3n) is 9.09. The molecule has 1 unspecified atom stereocenters. The number of pyridine rings is 1. The van der Waals surface area contributed by atoms with Crippen molar-refractivity contribution in [2.24, 2.45) is 5.92 Å². The summed E-state index contributed by atoms with van der Waals surface area (Å²) in [5, 5.41) is 6.15. The first-order valence-electron chi connectivity index (χ1n) is 15.6. The molecule has 0 bridgehead atoms. The van der Waals surface area contributed by atoms with Gasteiger partial charge in [-0.1, -0.05) is 43.5 Å². The summed E-state index contributed by atoms with van der Waals surface area (Å²) < 4.78 is 4.93. The Morgan fingerprint density at radius 3 is 2.61 bits per heavy atom. The van der Waals surface area contributed by atoms with E-state index in [-0.39, 0.29) is 50.0 Å². The van der Waals surface area contributed by atoms with Crippen LogP contribution in [0.5, 0.6) is 0 Å². The third kappa shape index (κ3) is 6.63. The number of carbonyl (C=O) groups is 4. The molecule has 11 heteroatoms. The summed E-state index contributed by atoms with van der Waals surface area (Å²) in [5.41, 5.74) is 2.94. The molecule has 2 aromatic heterocycles. The van der Waals surface area contributed by atoms with Crippen LogP contribution in [0.2, 0.25) is 0 Å². The Hall–Kier alpha value is -3.83. The normalized spacial score (nSPS) is 19.2. The molecular formula is C33H39N5O5S. The van der Waals surface area contributed by atoms with Gasteiger partial charge in [-0.3, -0.25) is 24.1 Å². The lowest BCUT2D eigenvalue weighted by Crippen LogP contribution is -2.54. The van der Waals surface area contributed by atoms with E-state index in [0.717, 1.165) is 39.9 Å². The number of nitrogens with zero attached hydrogens (tertiary/aromatic N) is 4. The maximum Gasteiger partial charge on any atom is 0.325 e. The highest BCUT2D eigenvalue weighted by molar-refractivity contribution is 7.13. The fraction of sp³-hybridized carbons (Fsp3) is 0.485. The molecule has 1 saturated carbocycles. The predicted octanol–water partition coefficient (Wildman–Crippen LogP) is 3.69. The number of amides is 3. The molecule has 3 aromatic rings. The van der Waals surface area contributed by atoms with Crippen molar-refractivity contribution in [1.82, 2.24) is 25.0 Å². The van der Waals surface area contributed by atoms with E-state index in [9.17, 15) is 19.2 Å². The van der Waals surface area contributed by atoms with E-state index in [4.69, 9.17) is 9.72 Å². The molecule has 232 valence electrons. The minimum absolute atomic E-state index is 0.0529. The van der Waals surface area contributed by atoms with Crippen LogP contribution in [-0.4, -0.2) is 95.3 Å². The summed E-state index contributed by atoms with van der Waals surface area (Å²) in [5.74, 6) is -0.491. The number of nitrogens with one attached hydrogen (secondary N) is 1. The lowest BCUT2D eigenvalue weighted by atomic mass is 9.84. The molecule has 2 aliphatic heterocycles. The number of carbonyl (C=O) groups excluding carboxylic acids is 4. The molecule has 3 amide bonds. The second-order valence-corrected chi connectivity index (χ2v) is 13.0. The van der Waals surface area contributed by atoms with Crippen molar-refractivity contribution >= 4 is 45.9 Å². The van der Waals surface area contributed by atoms with Gasteiger partial charge in [0, 0.05) is 36.6 Å². The van der Waals surface area contributed by atoms with Crippen molar-refractivity contribution in [2.75, 3.05) is 45.9 Å². The first kappa shape index (κ1) is 30.2. The van der Waals surface area contributed by atoms with Gasteiger partial charge in [-0.2, -0.15) is 0 Å². The van der Waals surface area contributed by atoms with E-state index in [1.165, 1.54) is 24.2 Å². The zero-order valence-electron chi connectivity index (χ0n) is 25.1. The SMILES string of the molecule is CC(NC(=O)c1c(CN2CCN(CC(=O)N3CCOC(=O)C3)C(=O)C2)c(-c2cccs2)nc2ccccc12)C1CCCCC1. The van der Waals surface area contributed by atoms with E-state index in [2.05, 4.69) is 12.2 Å². The summed E-state index contributed by atoms with van der Waals surface area (Å²) in [6.07, 6.45) is 5.92. The zero-order chi connectivity index (χ0) is 30.6. The number of hydrogen-bond donors (Lipinski definition) is 1. The van der Waals surface area contributed by atoms with E-state index in [1.807, 2.05) is 46.7 Å². The first-order valence-corrected chi connectivity index (χ1v) is 16.4. The molecule has 2 saturated heterocycles. The summed E-state index contributed by atoms with van der Waals surface area (Å²) in [4.78, 5) is 63.0. The summed E-state index contributed by atoms with van der Waals surface area (Å²) in [6.45, 7) is 3.88. The lowest BCUT2D eigenvalue weighted by molar-refractivity contribution is -0.157. The number of rotatable bonds is 8. The van der Waals surface area contributed by atoms with Crippen molar-refractivity contribution in [3.8, 4) is 10.6 Å². The van der Waals surface area contributed by atoms with E-state index in [1.54, 1.807) is 16.2 Å². The number of esters is 1. The lowest BCUT2D eigenvalue weighted by Gasteiger charge is -2.36. The maximum absolute atomic E-state index is 14.2. The van der Waals surface area contributed by atoms with Gasteiger partial charge >= 0.3 is 5.97 Å². The van der Waals surface area contributed by atoms with Crippen molar-refractivity contribution in [2.45, 2.75) is 51.6 Å². The van der Waals surface area contributed by atoms with Crippen LogP contribution >= 0.6 is 11.3 Å². The van der Waals surface area contributed by atoms with Crippen molar-refractivity contribution < 1.29 is 23.9 Å². The number of thiophene rings is 1. The van der Waals surface area contributed by atoms with Gasteiger partial charge in [0.05, 0.1) is 41.3 Å². The molecule has 1 atom stereocenters. The van der Waals surface area contributed by atoms with Gasteiger partial charge in [0.1, 0.15) is 13.2 Å². The Morgan fingerprint density at radius 2 is 1.86 bits per heavy atom. The number of aromatic nitrogens is 1. The standard InChI is InChI=1S/C33H39N5O5S/c1-22(23-8-3-2-4-9-23)34-33(42)31-24-10-5-6-11-26(24)35-32(27-12-7-17-44-27)25(31)18-36-13-14-37(28(39)19-36)20-29(40)38-15-16-43-30(41)21-38/h5-7,10-12,17,22-23H,2-4,8-9,13-16,18-21H2,1H3,(H,34,42). The van der Waals surface area contributed by atoms with Crippen molar-refractivity contribution in [1.29, 1.82) is 0 Å². The number of fused-ring (bicyclic) bond motifs is 1. The van der Waals surface area contributed by atoms with Gasteiger partial charge in [0.25, 0.3) is 5.91 Å². The summed E-state index contributed by atoms with van der Waals surface area (Å²) in [6, 6.07) is 11.8. The minimum Gasteiger partial charge on any atom is -0.462 e. The number of piperazine rings is 1. The van der Waals surface area contributed by atoms with E-state index in [0.29, 0.717) is 37.7 Å². The average Bonchev–Trinajstić information content (AvgIpc) is 3.57. The number of para-hydroxylation sites is 1. The number of morpholine rings is 1. The number of ether oxygens (including phenoxy) is 1. The second-order valence-electron chi connectivity index (χ2n) is 12.0. The minimum atomic E-state index is -0.431. The van der Waals surface area contributed by atoms with Crippen LogP contribution in [0.3, 0.4) is 0 Å². The van der Waals surface area contributed by atoms with Crippen LogP contribution in [-0.2, 0) is 25.7 Å². The van der Waals surface area contributed by atoms with Gasteiger partial charge in [-0.25, -0.2) is 4.98 Å². The van der Waals surface area contributed by atoms with Crippen LogP contribution in [0.1, 0.15) is 54.9 Å². The predicted molar refractivity (Wildman–Crippen MR) is 168 cm³/mol. The largest absolute Gasteiger partial charge is 0.462 e. The van der Waals surface area contributed by atoms with Crippen molar-refractivity contribution in [3.63, 3.8) is 0 Å². The van der Waals surface area contributed by atoms with Crippen LogP contribution in [0, 0.1) is 5.92 Å². The van der Waals surface area contributed by atoms with E-state index < -0.39 is 5.97 Å². The summed E-state index contributed by atoms with van der Waals surface area (Å²) >= 11 is 1.58. The Morgan fingerprint density at radius 1 is 1.05 bits per heavy atom. The Bertz CT molecular complexity index is 1540. The van der Waals surface area contributed by atoms with Crippen LogP contribution < -0.4 is 5.32 Å². The molecule has 3 aliphatic rings.